The zero-order valence-electron chi connectivity index (χ0n) is 11.0. The molecule has 0 aromatic heterocycles. The summed E-state index contributed by atoms with van der Waals surface area (Å²) in [5, 5.41) is 7.41. The second-order valence-corrected chi connectivity index (χ2v) is 4.41. The molecular formula is C13H21Cl2N3O. The van der Waals surface area contributed by atoms with Gasteiger partial charge in [0.15, 0.2) is 0 Å². The number of aryl methyl sites for hydroxylation is 1. The van der Waals surface area contributed by atoms with Crippen LogP contribution in [0, 0.1) is 12.8 Å². The Balaban J connectivity index is 0.00000162. The maximum atomic E-state index is 5.65. The van der Waals surface area contributed by atoms with Gasteiger partial charge in [-0.15, -0.1) is 24.8 Å². The van der Waals surface area contributed by atoms with E-state index in [9.17, 15) is 0 Å². The molecular weight excluding hydrogens is 285 g/mol. The summed E-state index contributed by atoms with van der Waals surface area (Å²) in [6.07, 6.45) is 0. The van der Waals surface area contributed by atoms with Gasteiger partial charge in [-0.05, 0) is 12.5 Å². The molecule has 0 spiro atoms. The van der Waals surface area contributed by atoms with Crippen molar-refractivity contribution in [3.63, 3.8) is 0 Å². The first-order chi connectivity index (χ1) is 8.29. The average Bonchev–Trinajstić information content (AvgIpc) is 2.79. The minimum Gasteiger partial charge on any atom is -0.391 e. The molecule has 0 aliphatic carbocycles. The van der Waals surface area contributed by atoms with Crippen LogP contribution in [0.25, 0.3) is 0 Å². The average molecular weight is 306 g/mol. The highest BCUT2D eigenvalue weighted by molar-refractivity contribution is 5.90. The van der Waals surface area contributed by atoms with Crippen molar-refractivity contribution >= 4 is 30.5 Å². The summed E-state index contributed by atoms with van der Waals surface area (Å²) < 4.78 is 0. The van der Waals surface area contributed by atoms with E-state index in [-0.39, 0.29) is 24.8 Å². The minimum atomic E-state index is 0. The van der Waals surface area contributed by atoms with Gasteiger partial charge in [0.2, 0.25) is 0 Å². The lowest BCUT2D eigenvalue weighted by atomic mass is 10.1. The van der Waals surface area contributed by atoms with E-state index >= 15 is 0 Å². The van der Waals surface area contributed by atoms with E-state index in [0.717, 1.165) is 24.4 Å². The second-order valence-electron chi connectivity index (χ2n) is 4.41. The quantitative estimate of drug-likeness (QED) is 0.835. The summed E-state index contributed by atoms with van der Waals surface area (Å²) >= 11 is 0. The number of hydrogen-bond donors (Lipinski definition) is 2. The van der Waals surface area contributed by atoms with Crippen molar-refractivity contribution in [1.82, 2.24) is 5.32 Å². The summed E-state index contributed by atoms with van der Waals surface area (Å²) in [4.78, 5) is 5.37. The largest absolute Gasteiger partial charge is 0.391 e. The Hall–Kier alpha value is -0.810. The zero-order valence-corrected chi connectivity index (χ0v) is 12.6. The highest BCUT2D eigenvalue weighted by Crippen LogP contribution is 2.07. The molecule has 0 bridgehead atoms. The normalized spacial score (nSPS) is 19.7. The predicted molar refractivity (Wildman–Crippen MR) is 83.3 cm³/mol. The summed E-state index contributed by atoms with van der Waals surface area (Å²) in [7, 11) is 0. The van der Waals surface area contributed by atoms with Gasteiger partial charge in [-0.2, -0.15) is 0 Å². The van der Waals surface area contributed by atoms with Gasteiger partial charge in [0, 0.05) is 25.6 Å². The third kappa shape index (κ3) is 5.37. The third-order valence-electron chi connectivity index (χ3n) is 2.99. The van der Waals surface area contributed by atoms with Crippen LogP contribution in [0.4, 0.5) is 0 Å². The monoisotopic (exact) mass is 305 g/mol. The van der Waals surface area contributed by atoms with E-state index in [2.05, 4.69) is 41.7 Å². The highest BCUT2D eigenvalue weighted by atomic mass is 35.5. The van der Waals surface area contributed by atoms with Gasteiger partial charge in [-0.25, -0.2) is 0 Å². The maximum Gasteiger partial charge on any atom is 0.142 e. The Morgan fingerprint density at radius 3 is 2.63 bits per heavy atom. The number of nitrogens with one attached hydrogen (secondary N) is 1. The second kappa shape index (κ2) is 9.15. The molecule has 4 nitrogen and oxygen atoms in total. The van der Waals surface area contributed by atoms with Gasteiger partial charge in [0.25, 0.3) is 0 Å². The van der Waals surface area contributed by atoms with Crippen LogP contribution in [0.5, 0.6) is 0 Å². The minimum absolute atomic E-state index is 0. The summed E-state index contributed by atoms with van der Waals surface area (Å²) in [6, 6.07) is 8.27. The maximum absolute atomic E-state index is 5.65. The standard InChI is InChI=1S/C13H19N3O.2ClH/c1-10-2-4-11(5-3-10)9-17-16-13-8-15-7-12(13)6-14;;/h2-5,12,15H,6-9,14H2,1H3;2*1H. The fourth-order valence-corrected chi connectivity index (χ4v) is 1.84. The van der Waals surface area contributed by atoms with E-state index in [1.807, 2.05) is 0 Å². The Morgan fingerprint density at radius 2 is 2.00 bits per heavy atom. The first kappa shape index (κ1) is 18.2. The van der Waals surface area contributed by atoms with Crippen molar-refractivity contribution in [3.05, 3.63) is 35.4 Å². The van der Waals surface area contributed by atoms with Crippen molar-refractivity contribution in [2.45, 2.75) is 13.5 Å². The summed E-state index contributed by atoms with van der Waals surface area (Å²) in [5.74, 6) is 0.327. The van der Waals surface area contributed by atoms with Crippen LogP contribution in [0.2, 0.25) is 0 Å². The van der Waals surface area contributed by atoms with Crippen LogP contribution in [0.1, 0.15) is 11.1 Å². The summed E-state index contributed by atoms with van der Waals surface area (Å²) in [6.45, 7) is 4.90. The molecule has 1 aliphatic heterocycles. The van der Waals surface area contributed by atoms with Gasteiger partial charge < -0.3 is 15.9 Å². The van der Waals surface area contributed by atoms with Crippen molar-refractivity contribution in [2.24, 2.45) is 16.8 Å². The van der Waals surface area contributed by atoms with E-state index in [0.29, 0.717) is 19.1 Å². The smallest absolute Gasteiger partial charge is 0.142 e. The number of rotatable bonds is 4. The van der Waals surface area contributed by atoms with Crippen molar-refractivity contribution in [2.75, 3.05) is 19.6 Å². The van der Waals surface area contributed by atoms with Crippen LogP contribution in [0.3, 0.4) is 0 Å². The van der Waals surface area contributed by atoms with Gasteiger partial charge in [-0.1, -0.05) is 35.0 Å². The SMILES string of the molecule is Cc1ccc(CON=C2CNCC2CN)cc1.Cl.Cl. The first-order valence-electron chi connectivity index (χ1n) is 5.94. The van der Waals surface area contributed by atoms with Crippen LogP contribution in [0.15, 0.2) is 29.4 Å². The number of hydrogen-bond acceptors (Lipinski definition) is 4. The van der Waals surface area contributed by atoms with Crippen LogP contribution in [-0.2, 0) is 11.4 Å². The van der Waals surface area contributed by atoms with E-state index in [1.165, 1.54) is 5.56 Å². The van der Waals surface area contributed by atoms with E-state index in [1.54, 1.807) is 0 Å². The number of nitrogens with zero attached hydrogens (tertiary/aromatic N) is 1. The van der Waals surface area contributed by atoms with Crippen LogP contribution in [-0.4, -0.2) is 25.3 Å². The molecule has 6 heteroatoms. The molecule has 108 valence electrons. The number of benzene rings is 1. The molecule has 1 aromatic rings. The fourth-order valence-electron chi connectivity index (χ4n) is 1.84. The first-order valence-corrected chi connectivity index (χ1v) is 5.94. The molecule has 1 unspecified atom stereocenters. The molecule has 2 rings (SSSR count). The molecule has 0 radical (unpaired) electrons. The van der Waals surface area contributed by atoms with Gasteiger partial charge in [0.05, 0.1) is 5.71 Å². The molecule has 3 N–H and O–H groups in total. The van der Waals surface area contributed by atoms with Crippen LogP contribution >= 0.6 is 24.8 Å². The number of nitrogens with two attached hydrogens (primary N) is 1. The molecule has 1 atom stereocenters. The molecule has 19 heavy (non-hydrogen) atoms. The molecule has 0 saturated carbocycles. The number of halogens is 2. The Labute approximate surface area is 126 Å². The van der Waals surface area contributed by atoms with Crippen molar-refractivity contribution in [3.8, 4) is 0 Å². The topological polar surface area (TPSA) is 59.6 Å². The molecule has 1 fully saturated rings. The zero-order chi connectivity index (χ0) is 12.1. The van der Waals surface area contributed by atoms with Gasteiger partial charge in [-0.3, -0.25) is 0 Å². The molecule has 1 aliphatic rings. The fraction of sp³-hybridized carbons (Fsp3) is 0.462. The van der Waals surface area contributed by atoms with E-state index < -0.39 is 0 Å². The van der Waals surface area contributed by atoms with Gasteiger partial charge >= 0.3 is 0 Å². The molecule has 1 saturated heterocycles. The van der Waals surface area contributed by atoms with Crippen molar-refractivity contribution in [1.29, 1.82) is 0 Å². The Morgan fingerprint density at radius 1 is 1.32 bits per heavy atom. The van der Waals surface area contributed by atoms with Gasteiger partial charge in [0.1, 0.15) is 6.61 Å². The lowest BCUT2D eigenvalue weighted by Gasteiger charge is -2.06. The van der Waals surface area contributed by atoms with Crippen LogP contribution < -0.4 is 11.1 Å². The number of oxime groups is 1. The third-order valence-corrected chi connectivity index (χ3v) is 2.99. The lowest BCUT2D eigenvalue weighted by Crippen LogP contribution is -2.22. The molecule has 1 aromatic carbocycles. The highest BCUT2D eigenvalue weighted by Gasteiger charge is 2.21. The molecule has 0 amide bonds. The van der Waals surface area contributed by atoms with Crippen molar-refractivity contribution < 1.29 is 4.84 Å². The summed E-state index contributed by atoms with van der Waals surface area (Å²) in [5.41, 5.74) is 9.06. The Kier molecular flexibility index (Phi) is 8.76. The Bertz CT molecular complexity index is 395. The predicted octanol–water partition coefficient (Wildman–Crippen LogP) is 1.89. The van der Waals surface area contributed by atoms with E-state index in [4.69, 9.17) is 10.6 Å². The lowest BCUT2D eigenvalue weighted by molar-refractivity contribution is 0.129. The molecule has 1 heterocycles.